The molecule has 0 bridgehead atoms. The molecule has 0 radical (unpaired) electrons. The summed E-state index contributed by atoms with van der Waals surface area (Å²) in [4.78, 5) is 12.1. The number of nitrogens with one attached hydrogen (secondary N) is 2. The number of hydrogen-bond acceptors (Lipinski definition) is 3. The Morgan fingerprint density at radius 3 is 2.43 bits per heavy atom. The number of carbonyl (C=O) groups is 1. The molecule has 0 fully saturated rings. The van der Waals surface area contributed by atoms with Crippen LogP contribution in [-0.4, -0.2) is 18.2 Å². The molecule has 0 heterocycles. The maximum atomic E-state index is 12.1. The molecular weight excluding hydrogens is 312 g/mol. The van der Waals surface area contributed by atoms with Crippen LogP contribution in [0.25, 0.3) is 0 Å². The third kappa shape index (κ3) is 5.91. The molecule has 23 heavy (non-hydrogen) atoms. The number of amides is 1. The monoisotopic (exact) mass is 334 g/mol. The summed E-state index contributed by atoms with van der Waals surface area (Å²) in [5.74, 6) is 0.374. The van der Waals surface area contributed by atoms with Crippen molar-refractivity contribution in [1.82, 2.24) is 0 Å². The lowest BCUT2D eigenvalue weighted by Gasteiger charge is -2.10. The maximum absolute atomic E-state index is 12.1. The summed E-state index contributed by atoms with van der Waals surface area (Å²) >= 11 is 6.09. The number of benzene rings is 1. The standard InChI is InChI=1S/C18H23ClN2O2/c1-5-6-11-23-16-9-7-15(8-10-16)21-18(22)13(3)17(19)12(2)14(4)20/h7-10,20H,3,5-6,11H2,1-2,4H3,(H,21,22)/b17-12-,20-14?. The van der Waals surface area contributed by atoms with Gasteiger partial charge in [-0.15, -0.1) is 0 Å². The molecule has 1 amide bonds. The van der Waals surface area contributed by atoms with Gasteiger partial charge >= 0.3 is 0 Å². The minimum absolute atomic E-state index is 0.138. The number of rotatable bonds is 8. The number of carbonyl (C=O) groups excluding carboxylic acids is 1. The first-order valence-corrected chi connectivity index (χ1v) is 7.90. The van der Waals surface area contributed by atoms with Crippen molar-refractivity contribution >= 4 is 28.9 Å². The van der Waals surface area contributed by atoms with E-state index >= 15 is 0 Å². The van der Waals surface area contributed by atoms with Gasteiger partial charge in [0.05, 0.1) is 17.2 Å². The first kappa shape index (κ1) is 19.0. The van der Waals surface area contributed by atoms with E-state index in [1.54, 1.807) is 38.1 Å². The second-order valence-corrected chi connectivity index (χ2v) is 5.60. The van der Waals surface area contributed by atoms with E-state index < -0.39 is 5.91 Å². The summed E-state index contributed by atoms with van der Waals surface area (Å²) in [5.41, 5.74) is 1.61. The van der Waals surface area contributed by atoms with Crippen LogP contribution in [0.15, 0.2) is 47.0 Å². The fraction of sp³-hybridized carbons (Fsp3) is 0.333. The molecule has 0 atom stereocenters. The van der Waals surface area contributed by atoms with Crippen LogP contribution in [0.2, 0.25) is 0 Å². The van der Waals surface area contributed by atoms with Gasteiger partial charge in [-0.2, -0.15) is 0 Å². The molecule has 0 aliphatic heterocycles. The molecule has 0 aliphatic rings. The fourth-order valence-electron chi connectivity index (χ4n) is 1.67. The van der Waals surface area contributed by atoms with Gasteiger partial charge in [0.15, 0.2) is 0 Å². The molecule has 1 aromatic carbocycles. The number of halogens is 1. The Balaban J connectivity index is 2.69. The van der Waals surface area contributed by atoms with Crippen molar-refractivity contribution in [3.05, 3.63) is 47.0 Å². The second-order valence-electron chi connectivity index (χ2n) is 5.22. The van der Waals surface area contributed by atoms with Gasteiger partial charge in [-0.25, -0.2) is 0 Å². The number of unbranched alkanes of at least 4 members (excludes halogenated alkanes) is 1. The summed E-state index contributed by atoms with van der Waals surface area (Å²) in [6.07, 6.45) is 2.09. The van der Waals surface area contributed by atoms with Gasteiger partial charge in [-0.1, -0.05) is 31.5 Å². The SMILES string of the molecule is C=C(C(=O)Nc1ccc(OCCCC)cc1)/C(Cl)=C(\C)C(C)=N. The molecule has 0 saturated carbocycles. The zero-order chi connectivity index (χ0) is 17.4. The predicted octanol–water partition coefficient (Wildman–Crippen LogP) is 4.91. The Labute approximate surface area is 142 Å². The number of ether oxygens (including phenoxy) is 1. The van der Waals surface area contributed by atoms with Crippen molar-refractivity contribution in [2.24, 2.45) is 0 Å². The molecule has 4 nitrogen and oxygen atoms in total. The summed E-state index contributed by atoms with van der Waals surface area (Å²) in [7, 11) is 0. The normalized spacial score (nSPS) is 11.5. The van der Waals surface area contributed by atoms with Crippen LogP contribution in [0.3, 0.4) is 0 Å². The minimum Gasteiger partial charge on any atom is -0.494 e. The van der Waals surface area contributed by atoms with E-state index in [1.165, 1.54) is 0 Å². The van der Waals surface area contributed by atoms with Crippen LogP contribution in [0.4, 0.5) is 5.69 Å². The molecule has 124 valence electrons. The van der Waals surface area contributed by atoms with E-state index in [-0.39, 0.29) is 10.6 Å². The Morgan fingerprint density at radius 2 is 1.91 bits per heavy atom. The Hall–Kier alpha value is -2.07. The van der Waals surface area contributed by atoms with E-state index in [2.05, 4.69) is 18.8 Å². The van der Waals surface area contributed by atoms with Crippen LogP contribution in [-0.2, 0) is 4.79 Å². The zero-order valence-corrected chi connectivity index (χ0v) is 14.6. The quantitative estimate of drug-likeness (QED) is 0.307. The van der Waals surface area contributed by atoms with Crippen molar-refractivity contribution in [2.75, 3.05) is 11.9 Å². The van der Waals surface area contributed by atoms with E-state index in [4.69, 9.17) is 21.7 Å². The van der Waals surface area contributed by atoms with E-state index in [0.717, 1.165) is 18.6 Å². The van der Waals surface area contributed by atoms with Crippen LogP contribution in [0, 0.1) is 5.41 Å². The van der Waals surface area contributed by atoms with E-state index in [9.17, 15) is 4.79 Å². The summed E-state index contributed by atoms with van der Waals surface area (Å²) in [5, 5.41) is 10.5. The van der Waals surface area contributed by atoms with Crippen molar-refractivity contribution in [3.8, 4) is 5.75 Å². The molecule has 0 saturated heterocycles. The highest BCUT2D eigenvalue weighted by Gasteiger charge is 2.14. The Morgan fingerprint density at radius 1 is 1.30 bits per heavy atom. The van der Waals surface area contributed by atoms with Crippen LogP contribution in [0.5, 0.6) is 5.75 Å². The van der Waals surface area contributed by atoms with Gasteiger partial charge in [-0.3, -0.25) is 4.79 Å². The van der Waals surface area contributed by atoms with Crippen molar-refractivity contribution in [1.29, 1.82) is 5.41 Å². The van der Waals surface area contributed by atoms with Crippen molar-refractivity contribution in [2.45, 2.75) is 33.6 Å². The van der Waals surface area contributed by atoms with Crippen molar-refractivity contribution < 1.29 is 9.53 Å². The Bertz CT molecular complexity index is 618. The number of anilines is 1. The fourth-order valence-corrected chi connectivity index (χ4v) is 1.89. The lowest BCUT2D eigenvalue weighted by atomic mass is 10.1. The molecule has 0 unspecified atom stereocenters. The lowest BCUT2D eigenvalue weighted by Crippen LogP contribution is -2.15. The molecule has 0 aliphatic carbocycles. The van der Waals surface area contributed by atoms with E-state index in [1.807, 2.05) is 0 Å². The smallest absolute Gasteiger partial charge is 0.256 e. The van der Waals surface area contributed by atoms with Gasteiger partial charge in [0.25, 0.3) is 5.91 Å². The number of hydrogen-bond donors (Lipinski definition) is 2. The summed E-state index contributed by atoms with van der Waals surface area (Å²) in [6, 6.07) is 7.13. The highest BCUT2D eigenvalue weighted by atomic mass is 35.5. The summed E-state index contributed by atoms with van der Waals surface area (Å²) in [6.45, 7) is 9.79. The second kappa shape index (κ2) is 9.16. The highest BCUT2D eigenvalue weighted by molar-refractivity contribution is 6.38. The van der Waals surface area contributed by atoms with Gasteiger partial charge in [0.2, 0.25) is 0 Å². The van der Waals surface area contributed by atoms with Crippen LogP contribution >= 0.6 is 11.6 Å². The van der Waals surface area contributed by atoms with Crippen LogP contribution in [0.1, 0.15) is 33.6 Å². The van der Waals surface area contributed by atoms with Gasteiger partial charge < -0.3 is 15.5 Å². The zero-order valence-electron chi connectivity index (χ0n) is 13.8. The molecule has 0 spiro atoms. The Kier molecular flexibility index (Phi) is 7.55. The average molecular weight is 335 g/mol. The third-order valence-electron chi connectivity index (χ3n) is 3.31. The maximum Gasteiger partial charge on any atom is 0.256 e. The van der Waals surface area contributed by atoms with E-state index in [0.29, 0.717) is 23.6 Å². The molecule has 5 heteroatoms. The first-order chi connectivity index (χ1) is 10.9. The first-order valence-electron chi connectivity index (χ1n) is 7.52. The molecule has 1 aromatic rings. The van der Waals surface area contributed by atoms with Gasteiger partial charge in [-0.05, 0) is 50.1 Å². The predicted molar refractivity (Wildman–Crippen MR) is 96.6 cm³/mol. The molecule has 0 aromatic heterocycles. The molecule has 1 rings (SSSR count). The topological polar surface area (TPSA) is 62.2 Å². The average Bonchev–Trinajstić information content (AvgIpc) is 2.54. The molecular formula is C18H23ClN2O2. The van der Waals surface area contributed by atoms with Crippen molar-refractivity contribution in [3.63, 3.8) is 0 Å². The largest absolute Gasteiger partial charge is 0.494 e. The van der Waals surface area contributed by atoms with Gasteiger partial charge in [0, 0.05) is 11.4 Å². The molecule has 2 N–H and O–H groups in total. The highest BCUT2D eigenvalue weighted by Crippen LogP contribution is 2.21. The minimum atomic E-state index is -0.393. The summed E-state index contributed by atoms with van der Waals surface area (Å²) < 4.78 is 5.57. The van der Waals surface area contributed by atoms with Crippen LogP contribution < -0.4 is 10.1 Å². The number of allylic oxidation sites excluding steroid dienone is 1. The van der Waals surface area contributed by atoms with Gasteiger partial charge in [0.1, 0.15) is 5.75 Å². The lowest BCUT2D eigenvalue weighted by molar-refractivity contribution is -0.112. The third-order valence-corrected chi connectivity index (χ3v) is 3.82.